The number of rotatable bonds is 2. The third-order valence-electron chi connectivity index (χ3n) is 2.18. The van der Waals surface area contributed by atoms with E-state index in [0.29, 0.717) is 0 Å². The Morgan fingerprint density at radius 3 is 2.22 bits per heavy atom. The minimum Gasteiger partial charge on any atom is -0.396 e. The van der Waals surface area contributed by atoms with E-state index in [1.807, 2.05) is 0 Å². The maximum Gasteiger partial charge on any atom is 0.0477 e. The first-order valence-corrected chi connectivity index (χ1v) is 3.27. The summed E-state index contributed by atoms with van der Waals surface area (Å²) in [6.45, 7) is 0.283. The molecule has 54 valence electrons. The molecular formula is C6H13NO2. The SMILES string of the molecule is NC1CC(CO)C1CO. The van der Waals surface area contributed by atoms with Gasteiger partial charge in [0.05, 0.1) is 0 Å². The van der Waals surface area contributed by atoms with E-state index in [4.69, 9.17) is 15.9 Å². The lowest BCUT2D eigenvalue weighted by Crippen LogP contribution is -2.50. The van der Waals surface area contributed by atoms with Gasteiger partial charge in [0.15, 0.2) is 0 Å². The van der Waals surface area contributed by atoms with Gasteiger partial charge in [-0.2, -0.15) is 0 Å². The summed E-state index contributed by atoms with van der Waals surface area (Å²) in [6, 6.07) is 0.118. The topological polar surface area (TPSA) is 66.5 Å². The average molecular weight is 131 g/mol. The molecule has 0 aromatic heterocycles. The minimum absolute atomic E-state index is 0.117. The first kappa shape index (κ1) is 6.99. The summed E-state index contributed by atoms with van der Waals surface area (Å²) in [7, 11) is 0. The van der Waals surface area contributed by atoms with E-state index >= 15 is 0 Å². The van der Waals surface area contributed by atoms with Crippen molar-refractivity contribution < 1.29 is 10.2 Å². The highest BCUT2D eigenvalue weighted by molar-refractivity contribution is 4.90. The van der Waals surface area contributed by atoms with Crippen molar-refractivity contribution in [1.82, 2.24) is 0 Å². The van der Waals surface area contributed by atoms with Gasteiger partial charge in [0.25, 0.3) is 0 Å². The Bertz CT molecular complexity index is 97.1. The fourth-order valence-electron chi connectivity index (χ4n) is 1.35. The normalized spacial score (nSPS) is 42.3. The van der Waals surface area contributed by atoms with Gasteiger partial charge < -0.3 is 15.9 Å². The van der Waals surface area contributed by atoms with Crippen LogP contribution in [0.3, 0.4) is 0 Å². The van der Waals surface area contributed by atoms with Crippen LogP contribution in [0.25, 0.3) is 0 Å². The number of hydrogen-bond donors (Lipinski definition) is 3. The Kier molecular flexibility index (Phi) is 2.05. The molecule has 3 atom stereocenters. The van der Waals surface area contributed by atoms with E-state index in [2.05, 4.69) is 0 Å². The van der Waals surface area contributed by atoms with Gasteiger partial charge in [-0.25, -0.2) is 0 Å². The van der Waals surface area contributed by atoms with Crippen molar-refractivity contribution in [2.24, 2.45) is 17.6 Å². The van der Waals surface area contributed by atoms with Gasteiger partial charge in [-0.3, -0.25) is 0 Å². The predicted molar refractivity (Wildman–Crippen MR) is 33.7 cm³/mol. The molecule has 0 radical (unpaired) electrons. The largest absolute Gasteiger partial charge is 0.396 e. The highest BCUT2D eigenvalue weighted by atomic mass is 16.3. The van der Waals surface area contributed by atoms with Gasteiger partial charge in [0, 0.05) is 25.2 Å². The zero-order chi connectivity index (χ0) is 6.85. The lowest BCUT2D eigenvalue weighted by molar-refractivity contribution is 0.0253. The monoisotopic (exact) mass is 131 g/mol. The molecule has 1 aliphatic rings. The lowest BCUT2D eigenvalue weighted by Gasteiger charge is -2.40. The molecule has 0 aromatic rings. The zero-order valence-corrected chi connectivity index (χ0v) is 5.33. The van der Waals surface area contributed by atoms with E-state index < -0.39 is 0 Å². The second-order valence-electron chi connectivity index (χ2n) is 2.69. The third kappa shape index (κ3) is 1.08. The van der Waals surface area contributed by atoms with Crippen LogP contribution in [0.5, 0.6) is 0 Å². The highest BCUT2D eigenvalue weighted by Gasteiger charge is 2.37. The summed E-state index contributed by atoms with van der Waals surface area (Å²) in [4.78, 5) is 0. The Morgan fingerprint density at radius 2 is 2.00 bits per heavy atom. The molecule has 3 unspecified atom stereocenters. The van der Waals surface area contributed by atoms with Crippen LogP contribution in [0.1, 0.15) is 6.42 Å². The Morgan fingerprint density at radius 1 is 1.33 bits per heavy atom. The van der Waals surface area contributed by atoms with Gasteiger partial charge in [-0.1, -0.05) is 0 Å². The van der Waals surface area contributed by atoms with Crippen molar-refractivity contribution >= 4 is 0 Å². The van der Waals surface area contributed by atoms with Crippen molar-refractivity contribution in [2.45, 2.75) is 12.5 Å². The Balaban J connectivity index is 2.29. The summed E-state index contributed by atoms with van der Waals surface area (Å²) >= 11 is 0. The second-order valence-corrected chi connectivity index (χ2v) is 2.69. The van der Waals surface area contributed by atoms with Gasteiger partial charge in [0.2, 0.25) is 0 Å². The van der Waals surface area contributed by atoms with Crippen LogP contribution in [0.2, 0.25) is 0 Å². The maximum absolute atomic E-state index is 8.67. The van der Waals surface area contributed by atoms with E-state index in [1.165, 1.54) is 0 Å². The molecule has 1 fully saturated rings. The van der Waals surface area contributed by atoms with Crippen molar-refractivity contribution in [3.05, 3.63) is 0 Å². The molecule has 0 spiro atoms. The van der Waals surface area contributed by atoms with Crippen molar-refractivity contribution in [2.75, 3.05) is 13.2 Å². The molecule has 3 heteroatoms. The summed E-state index contributed by atoms with van der Waals surface area (Å²) < 4.78 is 0. The van der Waals surface area contributed by atoms with Gasteiger partial charge in [0.1, 0.15) is 0 Å². The van der Waals surface area contributed by atoms with Gasteiger partial charge in [-0.15, -0.1) is 0 Å². The standard InChI is InChI=1S/C6H13NO2/c7-6-1-4(2-8)5(6)3-9/h4-6,8-9H,1-3,7H2. The Hall–Kier alpha value is -0.120. The molecule has 4 N–H and O–H groups in total. The number of hydrogen-bond acceptors (Lipinski definition) is 3. The number of nitrogens with two attached hydrogens (primary N) is 1. The zero-order valence-electron chi connectivity index (χ0n) is 5.33. The van der Waals surface area contributed by atoms with Crippen LogP contribution in [0.15, 0.2) is 0 Å². The summed E-state index contributed by atoms with van der Waals surface area (Å²) in [5, 5.41) is 17.3. The fraction of sp³-hybridized carbons (Fsp3) is 1.00. The van der Waals surface area contributed by atoms with Crippen LogP contribution >= 0.6 is 0 Å². The minimum atomic E-state index is 0.117. The molecule has 1 rings (SSSR count). The average Bonchev–Trinajstić information content (AvgIpc) is 1.83. The molecule has 0 aromatic carbocycles. The highest BCUT2D eigenvalue weighted by Crippen LogP contribution is 2.31. The third-order valence-corrected chi connectivity index (χ3v) is 2.18. The number of aliphatic hydroxyl groups excluding tert-OH is 2. The first-order chi connectivity index (χ1) is 4.29. The van der Waals surface area contributed by atoms with E-state index in [1.54, 1.807) is 0 Å². The number of aliphatic hydroxyl groups is 2. The molecular weight excluding hydrogens is 118 g/mol. The molecule has 0 bridgehead atoms. The molecule has 1 saturated carbocycles. The molecule has 0 amide bonds. The summed E-state index contributed by atoms with van der Waals surface area (Å²) in [5.74, 6) is 0.403. The van der Waals surface area contributed by atoms with Gasteiger partial charge >= 0.3 is 0 Å². The van der Waals surface area contributed by atoms with Crippen LogP contribution in [-0.2, 0) is 0 Å². The van der Waals surface area contributed by atoms with Gasteiger partial charge in [-0.05, 0) is 12.3 Å². The molecule has 0 saturated heterocycles. The first-order valence-electron chi connectivity index (χ1n) is 3.27. The smallest absolute Gasteiger partial charge is 0.0477 e. The molecule has 1 aliphatic carbocycles. The van der Waals surface area contributed by atoms with E-state index in [9.17, 15) is 0 Å². The van der Waals surface area contributed by atoms with Crippen LogP contribution in [0.4, 0.5) is 0 Å². The molecule has 0 aliphatic heterocycles. The predicted octanol–water partition coefficient (Wildman–Crippen LogP) is -1.07. The lowest BCUT2D eigenvalue weighted by atomic mass is 9.70. The molecule has 3 nitrogen and oxygen atoms in total. The Labute approximate surface area is 54.5 Å². The maximum atomic E-state index is 8.67. The van der Waals surface area contributed by atoms with Crippen LogP contribution in [0, 0.1) is 11.8 Å². The molecule has 0 heterocycles. The van der Waals surface area contributed by atoms with E-state index in [-0.39, 0.29) is 31.1 Å². The summed E-state index contributed by atoms with van der Waals surface area (Å²) in [6.07, 6.45) is 0.863. The van der Waals surface area contributed by atoms with Crippen molar-refractivity contribution in [1.29, 1.82) is 0 Å². The summed E-state index contributed by atoms with van der Waals surface area (Å²) in [5.41, 5.74) is 5.53. The van der Waals surface area contributed by atoms with E-state index in [0.717, 1.165) is 6.42 Å². The fourth-order valence-corrected chi connectivity index (χ4v) is 1.35. The molecule has 9 heavy (non-hydrogen) atoms. The van der Waals surface area contributed by atoms with Crippen molar-refractivity contribution in [3.63, 3.8) is 0 Å². The second kappa shape index (κ2) is 2.64. The van der Waals surface area contributed by atoms with Crippen LogP contribution < -0.4 is 5.73 Å². The van der Waals surface area contributed by atoms with Crippen LogP contribution in [-0.4, -0.2) is 29.5 Å². The quantitative estimate of drug-likeness (QED) is 0.447. The van der Waals surface area contributed by atoms with Crippen molar-refractivity contribution in [3.8, 4) is 0 Å².